The largest absolute Gasteiger partial charge is 0.504 e. The summed E-state index contributed by atoms with van der Waals surface area (Å²) in [6.07, 6.45) is 1.61. The lowest BCUT2D eigenvalue weighted by Crippen LogP contribution is -1.68. The van der Waals surface area contributed by atoms with Crippen molar-refractivity contribution >= 4 is 11.5 Å². The summed E-state index contributed by atoms with van der Waals surface area (Å²) >= 11 is 0. The van der Waals surface area contributed by atoms with Gasteiger partial charge in [0.2, 0.25) is 0 Å². The molecule has 2 aromatic rings. The van der Waals surface area contributed by atoms with Crippen molar-refractivity contribution < 1.29 is 5.11 Å². The van der Waals surface area contributed by atoms with Crippen LogP contribution in [0.4, 0.5) is 11.5 Å². The summed E-state index contributed by atoms with van der Waals surface area (Å²) < 4.78 is 0. The second kappa shape index (κ2) is 3.96. The summed E-state index contributed by atoms with van der Waals surface area (Å²) in [6, 6.07) is 9.20. The van der Waals surface area contributed by atoms with Crippen molar-refractivity contribution in [2.24, 2.45) is 10.2 Å². The predicted molar refractivity (Wildman–Crippen MR) is 57.8 cm³/mol. The van der Waals surface area contributed by atoms with Crippen LogP contribution in [0, 0.1) is 6.92 Å². The minimum atomic E-state index is 0.103. The fourth-order valence-corrected chi connectivity index (χ4v) is 1.15. The molecule has 0 atom stereocenters. The fourth-order valence-electron chi connectivity index (χ4n) is 1.15. The van der Waals surface area contributed by atoms with E-state index in [1.807, 2.05) is 31.2 Å². The molecule has 0 saturated carbocycles. The summed E-state index contributed by atoms with van der Waals surface area (Å²) in [4.78, 5) is 2.78. The van der Waals surface area contributed by atoms with Crippen LogP contribution in [0.2, 0.25) is 0 Å². The Hall–Kier alpha value is -2.10. The highest BCUT2D eigenvalue weighted by molar-refractivity contribution is 5.45. The molecule has 0 fully saturated rings. The number of aryl methyl sites for hydroxylation is 1. The van der Waals surface area contributed by atoms with Gasteiger partial charge in [-0.15, -0.1) is 10.2 Å². The molecule has 76 valence electrons. The minimum absolute atomic E-state index is 0.103. The Morgan fingerprint density at radius 2 is 1.80 bits per heavy atom. The quantitative estimate of drug-likeness (QED) is 0.718. The zero-order chi connectivity index (χ0) is 10.7. The molecule has 1 aromatic heterocycles. The molecule has 0 amide bonds. The molecule has 0 radical (unpaired) electrons. The third-order valence-corrected chi connectivity index (χ3v) is 2.00. The molecular weight excluding hydrogens is 190 g/mol. The summed E-state index contributed by atoms with van der Waals surface area (Å²) in [5.74, 6) is 0.474. The van der Waals surface area contributed by atoms with E-state index in [0.29, 0.717) is 5.82 Å². The van der Waals surface area contributed by atoms with Gasteiger partial charge >= 0.3 is 0 Å². The van der Waals surface area contributed by atoms with Crippen molar-refractivity contribution in [3.63, 3.8) is 0 Å². The second-order valence-corrected chi connectivity index (χ2v) is 3.25. The predicted octanol–water partition coefficient (Wildman–Crippen LogP) is 3.44. The lowest BCUT2D eigenvalue weighted by molar-refractivity contribution is 0.477. The number of nitrogens with zero attached hydrogens (tertiary/aromatic N) is 2. The van der Waals surface area contributed by atoms with Crippen LogP contribution in [0.1, 0.15) is 5.56 Å². The minimum Gasteiger partial charge on any atom is -0.504 e. The smallest absolute Gasteiger partial charge is 0.194 e. The van der Waals surface area contributed by atoms with E-state index in [1.165, 1.54) is 11.6 Å². The Bertz CT molecular complexity index is 471. The van der Waals surface area contributed by atoms with Crippen molar-refractivity contribution in [3.8, 4) is 5.75 Å². The molecule has 2 rings (SSSR count). The van der Waals surface area contributed by atoms with E-state index >= 15 is 0 Å². The highest BCUT2D eigenvalue weighted by Crippen LogP contribution is 2.25. The van der Waals surface area contributed by atoms with Crippen LogP contribution in [0.15, 0.2) is 46.8 Å². The molecule has 0 spiro atoms. The van der Waals surface area contributed by atoms with Gasteiger partial charge in [0, 0.05) is 6.20 Å². The number of benzene rings is 1. The number of aromatic nitrogens is 1. The topological polar surface area (TPSA) is 60.7 Å². The van der Waals surface area contributed by atoms with E-state index in [0.717, 1.165) is 5.69 Å². The van der Waals surface area contributed by atoms with E-state index in [-0.39, 0.29) is 5.75 Å². The number of H-pyrrole nitrogens is 1. The van der Waals surface area contributed by atoms with Crippen molar-refractivity contribution in [1.82, 2.24) is 4.98 Å². The standard InChI is InChI=1S/C11H11N3O/c1-8-2-4-9(5-3-8)13-14-11-10(15)6-7-12-11/h2-7,12,15H,1H3. The molecule has 0 aliphatic carbocycles. The maximum Gasteiger partial charge on any atom is 0.194 e. The number of aromatic amines is 1. The number of aromatic hydroxyl groups is 1. The highest BCUT2D eigenvalue weighted by atomic mass is 16.3. The van der Waals surface area contributed by atoms with Crippen molar-refractivity contribution in [2.75, 3.05) is 0 Å². The first-order valence-electron chi connectivity index (χ1n) is 4.60. The average molecular weight is 201 g/mol. The molecule has 0 saturated heterocycles. The summed E-state index contributed by atoms with van der Waals surface area (Å²) in [5.41, 5.74) is 1.94. The Morgan fingerprint density at radius 1 is 1.07 bits per heavy atom. The van der Waals surface area contributed by atoms with E-state index in [4.69, 9.17) is 0 Å². The van der Waals surface area contributed by atoms with E-state index in [2.05, 4.69) is 15.2 Å². The fraction of sp³-hybridized carbons (Fsp3) is 0.0909. The van der Waals surface area contributed by atoms with Gasteiger partial charge in [-0.3, -0.25) is 0 Å². The molecule has 0 bridgehead atoms. The molecule has 4 heteroatoms. The van der Waals surface area contributed by atoms with Gasteiger partial charge in [0.25, 0.3) is 0 Å². The van der Waals surface area contributed by atoms with Crippen LogP contribution >= 0.6 is 0 Å². The van der Waals surface area contributed by atoms with Gasteiger partial charge in [-0.1, -0.05) is 17.7 Å². The van der Waals surface area contributed by atoms with Gasteiger partial charge in [-0.25, -0.2) is 0 Å². The van der Waals surface area contributed by atoms with Gasteiger partial charge < -0.3 is 10.1 Å². The number of nitrogens with one attached hydrogen (secondary N) is 1. The first kappa shape index (κ1) is 9.45. The normalized spacial score (nSPS) is 11.0. The zero-order valence-electron chi connectivity index (χ0n) is 8.31. The lowest BCUT2D eigenvalue weighted by atomic mass is 10.2. The molecule has 2 N–H and O–H groups in total. The average Bonchev–Trinajstić information content (AvgIpc) is 2.63. The lowest BCUT2D eigenvalue weighted by Gasteiger charge is -1.93. The molecule has 0 aliphatic heterocycles. The second-order valence-electron chi connectivity index (χ2n) is 3.25. The highest BCUT2D eigenvalue weighted by Gasteiger charge is 1.98. The Labute approximate surface area is 87.3 Å². The van der Waals surface area contributed by atoms with Gasteiger partial charge in [-0.05, 0) is 25.1 Å². The molecule has 15 heavy (non-hydrogen) atoms. The number of hydrogen-bond donors (Lipinski definition) is 2. The van der Waals surface area contributed by atoms with Gasteiger partial charge in [0.1, 0.15) is 0 Å². The van der Waals surface area contributed by atoms with Gasteiger partial charge in [-0.2, -0.15) is 0 Å². The Balaban J connectivity index is 2.19. The summed E-state index contributed by atoms with van der Waals surface area (Å²) in [7, 11) is 0. The van der Waals surface area contributed by atoms with Crippen LogP contribution in [-0.4, -0.2) is 10.1 Å². The number of hydrogen-bond acceptors (Lipinski definition) is 3. The molecule has 1 aromatic carbocycles. The monoisotopic (exact) mass is 201 g/mol. The SMILES string of the molecule is Cc1ccc(N=Nc2[nH]ccc2O)cc1. The Kier molecular flexibility index (Phi) is 2.49. The molecule has 4 nitrogen and oxygen atoms in total. The van der Waals surface area contributed by atoms with E-state index in [9.17, 15) is 5.11 Å². The third-order valence-electron chi connectivity index (χ3n) is 2.00. The van der Waals surface area contributed by atoms with Crippen LogP contribution < -0.4 is 0 Å². The van der Waals surface area contributed by atoms with Gasteiger partial charge in [0.05, 0.1) is 5.69 Å². The maximum absolute atomic E-state index is 9.29. The van der Waals surface area contributed by atoms with Crippen molar-refractivity contribution in [3.05, 3.63) is 42.1 Å². The van der Waals surface area contributed by atoms with Crippen LogP contribution in [0.3, 0.4) is 0 Å². The van der Waals surface area contributed by atoms with Gasteiger partial charge in [0.15, 0.2) is 11.6 Å². The third kappa shape index (κ3) is 2.22. The number of azo groups is 1. The first-order chi connectivity index (χ1) is 7.25. The maximum atomic E-state index is 9.29. The molecular formula is C11H11N3O. The molecule has 1 heterocycles. The molecule has 0 aliphatic rings. The first-order valence-corrected chi connectivity index (χ1v) is 4.60. The van der Waals surface area contributed by atoms with Crippen molar-refractivity contribution in [1.29, 1.82) is 0 Å². The number of rotatable bonds is 2. The van der Waals surface area contributed by atoms with Crippen LogP contribution in [0.5, 0.6) is 5.75 Å². The van der Waals surface area contributed by atoms with Crippen molar-refractivity contribution in [2.45, 2.75) is 6.92 Å². The Morgan fingerprint density at radius 3 is 2.40 bits per heavy atom. The summed E-state index contributed by atoms with van der Waals surface area (Å²) in [6.45, 7) is 2.01. The molecule has 0 unspecified atom stereocenters. The summed E-state index contributed by atoms with van der Waals surface area (Å²) in [5, 5.41) is 17.2. The van der Waals surface area contributed by atoms with Crippen LogP contribution in [-0.2, 0) is 0 Å². The van der Waals surface area contributed by atoms with E-state index in [1.54, 1.807) is 6.20 Å². The van der Waals surface area contributed by atoms with E-state index < -0.39 is 0 Å². The zero-order valence-corrected chi connectivity index (χ0v) is 8.31. The van der Waals surface area contributed by atoms with Crippen LogP contribution in [0.25, 0.3) is 0 Å².